The lowest BCUT2D eigenvalue weighted by atomic mass is 9.87. The van der Waals surface area contributed by atoms with Crippen molar-refractivity contribution in [1.29, 1.82) is 0 Å². The molecule has 1 saturated heterocycles. The van der Waals surface area contributed by atoms with E-state index in [1.54, 1.807) is 18.3 Å². The number of rotatable bonds is 4. The molecular weight excluding hydrogens is 336 g/mol. The number of nitrogens with zero attached hydrogens (tertiary/aromatic N) is 2. The fraction of sp³-hybridized carbons (Fsp3) is 0.368. The summed E-state index contributed by atoms with van der Waals surface area (Å²) >= 11 is 6.01. The van der Waals surface area contributed by atoms with E-state index in [2.05, 4.69) is 51.8 Å². The minimum atomic E-state index is -0.234. The summed E-state index contributed by atoms with van der Waals surface area (Å²) in [4.78, 5) is 18.7. The van der Waals surface area contributed by atoms with Crippen LogP contribution in [0, 0.1) is 5.92 Å². The van der Waals surface area contributed by atoms with Crippen LogP contribution in [0.4, 0.5) is 10.5 Å². The molecule has 0 radical (unpaired) electrons. The Morgan fingerprint density at radius 3 is 2.84 bits per heavy atom. The average Bonchev–Trinajstić information content (AvgIpc) is 2.60. The van der Waals surface area contributed by atoms with Crippen LogP contribution in [0.5, 0.6) is 0 Å². The van der Waals surface area contributed by atoms with Gasteiger partial charge in [-0.3, -0.25) is 0 Å². The third kappa shape index (κ3) is 4.94. The largest absolute Gasteiger partial charge is 0.335 e. The molecule has 1 aromatic heterocycles. The first-order chi connectivity index (χ1) is 12.1. The van der Waals surface area contributed by atoms with Gasteiger partial charge in [-0.05, 0) is 50.0 Å². The Hall–Kier alpha value is -2.11. The van der Waals surface area contributed by atoms with Crippen LogP contribution in [0.1, 0.15) is 12.0 Å². The van der Waals surface area contributed by atoms with Crippen LogP contribution in [-0.4, -0.2) is 42.1 Å². The maximum absolute atomic E-state index is 12.4. The summed E-state index contributed by atoms with van der Waals surface area (Å²) in [5, 5.41) is 6.21. The number of hydrogen-bond donors (Lipinski definition) is 2. The fourth-order valence-electron chi connectivity index (χ4n) is 3.33. The van der Waals surface area contributed by atoms with Crippen molar-refractivity contribution in [2.24, 2.45) is 5.92 Å². The molecule has 25 heavy (non-hydrogen) atoms. The fourth-order valence-corrected chi connectivity index (χ4v) is 3.50. The Morgan fingerprint density at radius 2 is 2.08 bits per heavy atom. The summed E-state index contributed by atoms with van der Waals surface area (Å²) in [6.07, 6.45) is 3.48. The molecule has 5 nitrogen and oxygen atoms in total. The molecule has 132 valence electrons. The number of anilines is 1. The molecule has 2 atom stereocenters. The number of benzene rings is 1. The maximum Gasteiger partial charge on any atom is 0.319 e. The standard InChI is InChI=1S/C19H23ClN4O/c1-24-11-9-16(15(13-24)12-14-6-3-2-4-7-14)22-19(25)23-17-8-5-10-21-18(17)20/h2-8,10,15-16H,9,11-13H2,1H3,(H2,22,23,25)/t15-,16+/m0/s1. The van der Waals surface area contributed by atoms with Crippen LogP contribution in [0.3, 0.4) is 0 Å². The van der Waals surface area contributed by atoms with Gasteiger partial charge in [-0.15, -0.1) is 0 Å². The van der Waals surface area contributed by atoms with Crippen LogP contribution in [0.15, 0.2) is 48.7 Å². The SMILES string of the molecule is CN1CC[C@@H](NC(=O)Nc2cccnc2Cl)[C@@H](Cc2ccccc2)C1. The molecule has 1 aromatic carbocycles. The lowest BCUT2D eigenvalue weighted by molar-refractivity contribution is 0.165. The predicted molar refractivity (Wildman–Crippen MR) is 101 cm³/mol. The third-order valence-electron chi connectivity index (χ3n) is 4.60. The first-order valence-corrected chi connectivity index (χ1v) is 8.90. The Kier molecular flexibility index (Phi) is 5.89. The van der Waals surface area contributed by atoms with Gasteiger partial charge in [0, 0.05) is 18.8 Å². The van der Waals surface area contributed by atoms with Crippen molar-refractivity contribution in [2.75, 3.05) is 25.5 Å². The van der Waals surface area contributed by atoms with Crippen molar-refractivity contribution < 1.29 is 4.79 Å². The predicted octanol–water partition coefficient (Wildman–Crippen LogP) is 3.42. The second-order valence-corrected chi connectivity index (χ2v) is 6.91. The second-order valence-electron chi connectivity index (χ2n) is 6.55. The smallest absolute Gasteiger partial charge is 0.319 e. The molecule has 0 spiro atoms. The number of amides is 2. The first kappa shape index (κ1) is 17.7. The van der Waals surface area contributed by atoms with E-state index in [4.69, 9.17) is 11.6 Å². The molecule has 2 aromatic rings. The van der Waals surface area contributed by atoms with Gasteiger partial charge in [-0.25, -0.2) is 9.78 Å². The van der Waals surface area contributed by atoms with E-state index in [0.29, 0.717) is 16.8 Å². The topological polar surface area (TPSA) is 57.3 Å². The quantitative estimate of drug-likeness (QED) is 0.823. The summed E-state index contributed by atoms with van der Waals surface area (Å²) < 4.78 is 0. The minimum Gasteiger partial charge on any atom is -0.335 e. The number of piperidine rings is 1. The van der Waals surface area contributed by atoms with Crippen LogP contribution < -0.4 is 10.6 Å². The lowest BCUT2D eigenvalue weighted by Crippen LogP contribution is -2.51. The van der Waals surface area contributed by atoms with Crippen LogP contribution in [-0.2, 0) is 6.42 Å². The molecular formula is C19H23ClN4O. The van der Waals surface area contributed by atoms with Crippen molar-refractivity contribution in [2.45, 2.75) is 18.9 Å². The number of carbonyl (C=O) groups excluding carboxylic acids is 1. The van der Waals surface area contributed by atoms with E-state index >= 15 is 0 Å². The number of nitrogens with one attached hydrogen (secondary N) is 2. The zero-order chi connectivity index (χ0) is 17.6. The zero-order valence-electron chi connectivity index (χ0n) is 14.3. The second kappa shape index (κ2) is 8.32. The number of urea groups is 1. The molecule has 0 aliphatic carbocycles. The van der Waals surface area contributed by atoms with Crippen molar-refractivity contribution in [3.8, 4) is 0 Å². The van der Waals surface area contributed by atoms with Gasteiger partial charge < -0.3 is 15.5 Å². The average molecular weight is 359 g/mol. The molecule has 2 N–H and O–H groups in total. The molecule has 1 fully saturated rings. The number of carbonyl (C=O) groups is 1. The highest BCUT2D eigenvalue weighted by Crippen LogP contribution is 2.22. The molecule has 1 aliphatic rings. The van der Waals surface area contributed by atoms with Gasteiger partial charge in [-0.2, -0.15) is 0 Å². The Morgan fingerprint density at radius 1 is 1.28 bits per heavy atom. The normalized spacial score (nSPS) is 20.9. The van der Waals surface area contributed by atoms with Gasteiger partial charge in [0.25, 0.3) is 0 Å². The van der Waals surface area contributed by atoms with E-state index in [1.807, 2.05) is 6.07 Å². The lowest BCUT2D eigenvalue weighted by Gasteiger charge is -2.37. The van der Waals surface area contributed by atoms with E-state index in [9.17, 15) is 4.79 Å². The Bertz CT molecular complexity index is 710. The molecule has 0 saturated carbocycles. The molecule has 2 heterocycles. The number of hydrogen-bond acceptors (Lipinski definition) is 3. The van der Waals surface area contributed by atoms with Gasteiger partial charge in [0.1, 0.15) is 0 Å². The number of pyridine rings is 1. The van der Waals surface area contributed by atoms with Crippen molar-refractivity contribution >= 4 is 23.3 Å². The van der Waals surface area contributed by atoms with Crippen molar-refractivity contribution in [1.82, 2.24) is 15.2 Å². The van der Waals surface area contributed by atoms with Crippen LogP contribution in [0.2, 0.25) is 5.15 Å². The molecule has 6 heteroatoms. The highest BCUT2D eigenvalue weighted by Gasteiger charge is 2.29. The first-order valence-electron chi connectivity index (χ1n) is 8.52. The number of likely N-dealkylation sites (tertiary alicyclic amines) is 1. The number of aromatic nitrogens is 1. The van der Waals surface area contributed by atoms with E-state index < -0.39 is 0 Å². The van der Waals surface area contributed by atoms with Gasteiger partial charge in [0.15, 0.2) is 5.15 Å². The van der Waals surface area contributed by atoms with Crippen LogP contribution >= 0.6 is 11.6 Å². The summed E-state index contributed by atoms with van der Waals surface area (Å²) in [7, 11) is 2.13. The monoisotopic (exact) mass is 358 g/mol. The molecule has 1 aliphatic heterocycles. The van der Waals surface area contributed by atoms with Crippen molar-refractivity contribution in [3.05, 3.63) is 59.4 Å². The minimum absolute atomic E-state index is 0.131. The Balaban J connectivity index is 1.64. The van der Waals surface area contributed by atoms with Gasteiger partial charge in [0.2, 0.25) is 0 Å². The summed E-state index contributed by atoms with van der Waals surface area (Å²) in [6.45, 7) is 1.94. The molecule has 0 unspecified atom stereocenters. The molecule has 3 rings (SSSR count). The van der Waals surface area contributed by atoms with Crippen molar-refractivity contribution in [3.63, 3.8) is 0 Å². The van der Waals surface area contributed by atoms with Crippen LogP contribution in [0.25, 0.3) is 0 Å². The summed E-state index contributed by atoms with van der Waals surface area (Å²) in [6, 6.07) is 13.8. The van der Waals surface area contributed by atoms with E-state index in [0.717, 1.165) is 25.9 Å². The summed E-state index contributed by atoms with van der Waals surface area (Å²) in [5.74, 6) is 0.372. The van der Waals surface area contributed by atoms with E-state index in [-0.39, 0.29) is 12.1 Å². The highest BCUT2D eigenvalue weighted by atomic mass is 35.5. The third-order valence-corrected chi connectivity index (χ3v) is 4.90. The van der Waals surface area contributed by atoms with E-state index in [1.165, 1.54) is 5.56 Å². The van der Waals surface area contributed by atoms with Gasteiger partial charge in [-0.1, -0.05) is 41.9 Å². The van der Waals surface area contributed by atoms with Gasteiger partial charge in [0.05, 0.1) is 5.69 Å². The molecule has 2 amide bonds. The van der Waals surface area contributed by atoms with Gasteiger partial charge >= 0.3 is 6.03 Å². The Labute approximate surface area is 153 Å². The molecule has 0 bridgehead atoms. The number of halogens is 1. The summed E-state index contributed by atoms with van der Waals surface area (Å²) in [5.41, 5.74) is 1.82. The zero-order valence-corrected chi connectivity index (χ0v) is 15.0. The highest BCUT2D eigenvalue weighted by molar-refractivity contribution is 6.32. The maximum atomic E-state index is 12.4.